The summed E-state index contributed by atoms with van der Waals surface area (Å²) in [6.07, 6.45) is 4.44. The Morgan fingerprint density at radius 2 is 1.80 bits per heavy atom. The van der Waals surface area contributed by atoms with Gasteiger partial charge in [0.2, 0.25) is 0 Å². The van der Waals surface area contributed by atoms with Crippen molar-refractivity contribution in [3.63, 3.8) is 0 Å². The van der Waals surface area contributed by atoms with Crippen molar-refractivity contribution in [2.45, 2.75) is 32.6 Å². The van der Waals surface area contributed by atoms with Crippen LogP contribution in [0.3, 0.4) is 0 Å². The first-order chi connectivity index (χ1) is 9.88. The van der Waals surface area contributed by atoms with E-state index >= 15 is 0 Å². The molecule has 2 aromatic carbocycles. The standard InChI is InChI=1S/C17H19O2P/c1-2-3-7-13-9-6-11-17-15(13)12-14-8-4-5-10-16(14)18-20-19-17/h4-6,8-11,20H,2-3,7,12H2,1H3. The van der Waals surface area contributed by atoms with E-state index in [9.17, 15) is 0 Å². The number of aryl methyl sites for hydroxylation is 1. The molecule has 1 heterocycles. The highest BCUT2D eigenvalue weighted by molar-refractivity contribution is 7.27. The van der Waals surface area contributed by atoms with Gasteiger partial charge in [-0.1, -0.05) is 43.7 Å². The molecular formula is C17H19O2P. The number of benzene rings is 2. The maximum atomic E-state index is 5.81. The first kappa shape index (κ1) is 13.5. The van der Waals surface area contributed by atoms with Crippen molar-refractivity contribution >= 4 is 9.03 Å². The number of rotatable bonds is 3. The zero-order valence-corrected chi connectivity index (χ0v) is 12.7. The summed E-state index contributed by atoms with van der Waals surface area (Å²) in [5, 5.41) is 0. The molecular weight excluding hydrogens is 267 g/mol. The van der Waals surface area contributed by atoms with Crippen LogP contribution >= 0.6 is 9.03 Å². The summed E-state index contributed by atoms with van der Waals surface area (Å²) in [6.45, 7) is 2.23. The van der Waals surface area contributed by atoms with Gasteiger partial charge < -0.3 is 9.05 Å². The lowest BCUT2D eigenvalue weighted by atomic mass is 9.95. The number of fused-ring (bicyclic) bond motifs is 2. The van der Waals surface area contributed by atoms with Gasteiger partial charge in [-0.3, -0.25) is 0 Å². The second-order valence-corrected chi connectivity index (χ2v) is 5.64. The zero-order chi connectivity index (χ0) is 13.8. The third kappa shape index (κ3) is 2.81. The van der Waals surface area contributed by atoms with E-state index in [1.165, 1.54) is 29.5 Å². The quantitative estimate of drug-likeness (QED) is 0.747. The fraction of sp³-hybridized carbons (Fsp3) is 0.294. The van der Waals surface area contributed by atoms with Crippen LogP contribution in [0, 0.1) is 0 Å². The summed E-state index contributed by atoms with van der Waals surface area (Å²) >= 11 is 0. The van der Waals surface area contributed by atoms with E-state index in [2.05, 4.69) is 37.3 Å². The summed E-state index contributed by atoms with van der Waals surface area (Å²) in [7, 11) is 0.0230. The van der Waals surface area contributed by atoms with Crippen molar-refractivity contribution in [3.05, 3.63) is 59.2 Å². The molecule has 1 aliphatic rings. The van der Waals surface area contributed by atoms with Gasteiger partial charge in [0, 0.05) is 12.0 Å². The van der Waals surface area contributed by atoms with Crippen LogP contribution in [0.4, 0.5) is 0 Å². The Bertz CT molecular complexity index is 595. The molecule has 104 valence electrons. The van der Waals surface area contributed by atoms with E-state index < -0.39 is 0 Å². The van der Waals surface area contributed by atoms with Gasteiger partial charge >= 0.3 is 0 Å². The van der Waals surface area contributed by atoms with Crippen LogP contribution in [0.5, 0.6) is 11.5 Å². The maximum Gasteiger partial charge on any atom is 0.275 e. The Kier molecular flexibility index (Phi) is 4.22. The molecule has 1 aliphatic heterocycles. The lowest BCUT2D eigenvalue weighted by Crippen LogP contribution is -2.03. The third-order valence-electron chi connectivity index (χ3n) is 3.67. The molecule has 0 radical (unpaired) electrons. The molecule has 0 saturated heterocycles. The Morgan fingerprint density at radius 1 is 1.00 bits per heavy atom. The van der Waals surface area contributed by atoms with Gasteiger partial charge in [-0.25, -0.2) is 0 Å². The molecule has 2 nitrogen and oxygen atoms in total. The van der Waals surface area contributed by atoms with E-state index in [1.807, 2.05) is 12.1 Å². The van der Waals surface area contributed by atoms with Crippen LogP contribution < -0.4 is 9.05 Å². The van der Waals surface area contributed by atoms with E-state index in [4.69, 9.17) is 9.05 Å². The van der Waals surface area contributed by atoms with Crippen LogP contribution in [0.1, 0.15) is 36.5 Å². The Labute approximate surface area is 122 Å². The molecule has 2 aromatic rings. The first-order valence-corrected chi connectivity index (χ1v) is 7.97. The highest BCUT2D eigenvalue weighted by Gasteiger charge is 2.16. The summed E-state index contributed by atoms with van der Waals surface area (Å²) in [4.78, 5) is 0. The fourth-order valence-corrected chi connectivity index (χ4v) is 3.17. The molecule has 0 aliphatic carbocycles. The molecule has 20 heavy (non-hydrogen) atoms. The van der Waals surface area contributed by atoms with Gasteiger partial charge in [-0.15, -0.1) is 0 Å². The van der Waals surface area contributed by atoms with Gasteiger partial charge in [-0.2, -0.15) is 0 Å². The normalized spacial score (nSPS) is 14.4. The molecule has 0 aromatic heterocycles. The summed E-state index contributed by atoms with van der Waals surface area (Å²) in [5.74, 6) is 1.92. The fourth-order valence-electron chi connectivity index (χ4n) is 2.56. The lowest BCUT2D eigenvalue weighted by Gasteiger charge is -2.20. The SMILES string of the molecule is CCCCc1cccc2c1Cc1ccccc1OPO2. The van der Waals surface area contributed by atoms with Crippen molar-refractivity contribution in [3.8, 4) is 11.5 Å². The minimum atomic E-state index is 0.0230. The van der Waals surface area contributed by atoms with Gasteiger partial charge in [0.25, 0.3) is 9.03 Å². The Morgan fingerprint density at radius 3 is 2.70 bits per heavy atom. The van der Waals surface area contributed by atoms with Crippen molar-refractivity contribution in [2.24, 2.45) is 0 Å². The molecule has 0 amide bonds. The largest absolute Gasteiger partial charge is 0.440 e. The summed E-state index contributed by atoms with van der Waals surface area (Å²) in [5.41, 5.74) is 3.98. The van der Waals surface area contributed by atoms with E-state index in [-0.39, 0.29) is 9.03 Å². The minimum absolute atomic E-state index is 0.0230. The van der Waals surface area contributed by atoms with E-state index in [0.29, 0.717) is 0 Å². The van der Waals surface area contributed by atoms with Crippen LogP contribution in [-0.2, 0) is 12.8 Å². The molecule has 3 rings (SSSR count). The Hall–Kier alpha value is -1.53. The number of hydrogen-bond donors (Lipinski definition) is 0. The Balaban J connectivity index is 1.99. The van der Waals surface area contributed by atoms with Crippen molar-refractivity contribution < 1.29 is 9.05 Å². The van der Waals surface area contributed by atoms with Crippen molar-refractivity contribution in [1.29, 1.82) is 0 Å². The second kappa shape index (κ2) is 6.28. The van der Waals surface area contributed by atoms with Gasteiger partial charge in [0.1, 0.15) is 11.5 Å². The van der Waals surface area contributed by atoms with Gasteiger partial charge in [0.15, 0.2) is 0 Å². The monoisotopic (exact) mass is 286 g/mol. The summed E-state index contributed by atoms with van der Waals surface area (Å²) in [6, 6.07) is 14.6. The molecule has 3 heteroatoms. The highest BCUT2D eigenvalue weighted by atomic mass is 31.1. The number of unbranched alkanes of at least 4 members (excludes halogenated alkanes) is 1. The van der Waals surface area contributed by atoms with Crippen LogP contribution in [0.25, 0.3) is 0 Å². The van der Waals surface area contributed by atoms with Crippen molar-refractivity contribution in [1.82, 2.24) is 0 Å². The third-order valence-corrected chi connectivity index (χ3v) is 4.28. The highest BCUT2D eigenvalue weighted by Crippen LogP contribution is 2.37. The molecule has 0 saturated carbocycles. The summed E-state index contributed by atoms with van der Waals surface area (Å²) < 4.78 is 11.5. The molecule has 1 unspecified atom stereocenters. The minimum Gasteiger partial charge on any atom is -0.440 e. The van der Waals surface area contributed by atoms with Crippen LogP contribution in [-0.4, -0.2) is 0 Å². The molecule has 0 N–H and O–H groups in total. The predicted molar refractivity (Wildman–Crippen MR) is 83.9 cm³/mol. The molecule has 0 fully saturated rings. The average Bonchev–Trinajstić information content (AvgIpc) is 2.46. The topological polar surface area (TPSA) is 18.5 Å². The van der Waals surface area contributed by atoms with Crippen LogP contribution in [0.15, 0.2) is 42.5 Å². The molecule has 0 spiro atoms. The van der Waals surface area contributed by atoms with Crippen molar-refractivity contribution in [2.75, 3.05) is 0 Å². The molecule has 1 atom stereocenters. The lowest BCUT2D eigenvalue weighted by molar-refractivity contribution is 0.501. The second-order valence-electron chi connectivity index (χ2n) is 5.07. The van der Waals surface area contributed by atoms with Crippen LogP contribution in [0.2, 0.25) is 0 Å². The van der Waals surface area contributed by atoms with Gasteiger partial charge in [-0.05, 0) is 36.1 Å². The van der Waals surface area contributed by atoms with E-state index in [0.717, 1.165) is 24.3 Å². The average molecular weight is 286 g/mol. The smallest absolute Gasteiger partial charge is 0.275 e. The maximum absolute atomic E-state index is 5.81. The predicted octanol–water partition coefficient (Wildman–Crippen LogP) is 4.90. The number of para-hydroxylation sites is 1. The molecule has 0 bridgehead atoms. The van der Waals surface area contributed by atoms with Gasteiger partial charge in [0.05, 0.1) is 0 Å². The first-order valence-electron chi connectivity index (χ1n) is 7.16. The number of hydrogen-bond acceptors (Lipinski definition) is 2. The van der Waals surface area contributed by atoms with E-state index in [1.54, 1.807) is 0 Å². The zero-order valence-electron chi connectivity index (χ0n) is 11.7.